The Morgan fingerprint density at radius 2 is 2.26 bits per heavy atom. The van der Waals surface area contributed by atoms with Crippen molar-refractivity contribution in [3.63, 3.8) is 0 Å². The van der Waals surface area contributed by atoms with Gasteiger partial charge in [0.05, 0.1) is 22.2 Å². The Kier molecular flexibility index (Phi) is 4.76. The molecule has 0 bridgehead atoms. The van der Waals surface area contributed by atoms with E-state index in [2.05, 4.69) is 40.2 Å². The van der Waals surface area contributed by atoms with Crippen molar-refractivity contribution in [1.82, 2.24) is 9.78 Å². The molecule has 19 heavy (non-hydrogen) atoms. The SMILES string of the molecule is CC(C)CNc1cnn(Cc2ccc(Br)s2)c(=O)c1. The molecule has 1 N–H and O–H groups in total. The number of rotatable bonds is 5. The van der Waals surface area contributed by atoms with E-state index in [1.807, 2.05) is 12.1 Å². The van der Waals surface area contributed by atoms with Gasteiger partial charge in [0, 0.05) is 17.5 Å². The van der Waals surface area contributed by atoms with E-state index in [0.717, 1.165) is 20.9 Å². The third kappa shape index (κ3) is 4.18. The second-order valence-corrected chi connectivity index (χ2v) is 7.27. The van der Waals surface area contributed by atoms with Crippen molar-refractivity contribution in [3.8, 4) is 0 Å². The van der Waals surface area contributed by atoms with Gasteiger partial charge < -0.3 is 5.32 Å². The molecular weight excluding hydrogens is 326 g/mol. The van der Waals surface area contributed by atoms with Crippen LogP contribution in [-0.2, 0) is 6.54 Å². The number of anilines is 1. The lowest BCUT2D eigenvalue weighted by Gasteiger charge is -2.09. The first-order valence-corrected chi connectivity index (χ1v) is 7.71. The molecule has 0 aromatic carbocycles. The Morgan fingerprint density at radius 3 is 2.84 bits per heavy atom. The fraction of sp³-hybridized carbons (Fsp3) is 0.385. The monoisotopic (exact) mass is 341 g/mol. The van der Waals surface area contributed by atoms with Crippen LogP contribution < -0.4 is 10.9 Å². The van der Waals surface area contributed by atoms with Crippen LogP contribution in [0.3, 0.4) is 0 Å². The highest BCUT2D eigenvalue weighted by atomic mass is 79.9. The summed E-state index contributed by atoms with van der Waals surface area (Å²) in [5.41, 5.74) is 0.695. The largest absolute Gasteiger partial charge is 0.383 e. The molecule has 0 aliphatic carbocycles. The van der Waals surface area contributed by atoms with Crippen LogP contribution in [0.2, 0.25) is 0 Å². The first-order valence-electron chi connectivity index (χ1n) is 6.10. The van der Waals surface area contributed by atoms with Gasteiger partial charge in [-0.25, -0.2) is 4.68 Å². The number of hydrogen-bond acceptors (Lipinski definition) is 4. The van der Waals surface area contributed by atoms with Gasteiger partial charge in [-0.1, -0.05) is 13.8 Å². The predicted octanol–water partition coefficient (Wildman–Crippen LogP) is 3.18. The Morgan fingerprint density at radius 1 is 1.47 bits per heavy atom. The first-order chi connectivity index (χ1) is 9.04. The summed E-state index contributed by atoms with van der Waals surface area (Å²) < 4.78 is 2.53. The van der Waals surface area contributed by atoms with Crippen LogP contribution in [0.5, 0.6) is 0 Å². The lowest BCUT2D eigenvalue weighted by atomic mass is 10.2. The summed E-state index contributed by atoms with van der Waals surface area (Å²) in [6, 6.07) is 5.56. The van der Waals surface area contributed by atoms with Gasteiger partial charge in [-0.15, -0.1) is 11.3 Å². The molecule has 0 unspecified atom stereocenters. The highest BCUT2D eigenvalue weighted by molar-refractivity contribution is 9.11. The van der Waals surface area contributed by atoms with Crippen LogP contribution in [0, 0.1) is 5.92 Å². The number of halogens is 1. The number of aromatic nitrogens is 2. The number of thiophene rings is 1. The Hall–Kier alpha value is -1.14. The van der Waals surface area contributed by atoms with E-state index in [0.29, 0.717) is 12.5 Å². The molecule has 0 fully saturated rings. The van der Waals surface area contributed by atoms with Gasteiger partial charge in [-0.05, 0) is 34.0 Å². The quantitative estimate of drug-likeness (QED) is 0.908. The van der Waals surface area contributed by atoms with Crippen molar-refractivity contribution in [3.05, 3.63) is 43.4 Å². The Balaban J connectivity index is 2.09. The fourth-order valence-corrected chi connectivity index (χ4v) is 3.02. The van der Waals surface area contributed by atoms with Crippen LogP contribution >= 0.6 is 27.3 Å². The van der Waals surface area contributed by atoms with Gasteiger partial charge in [-0.3, -0.25) is 4.79 Å². The van der Waals surface area contributed by atoms with E-state index < -0.39 is 0 Å². The lowest BCUT2D eigenvalue weighted by molar-refractivity contribution is 0.643. The summed E-state index contributed by atoms with van der Waals surface area (Å²) >= 11 is 5.02. The highest BCUT2D eigenvalue weighted by Gasteiger charge is 2.04. The van der Waals surface area contributed by atoms with Gasteiger partial charge in [-0.2, -0.15) is 5.10 Å². The van der Waals surface area contributed by atoms with E-state index in [1.165, 1.54) is 4.68 Å². The van der Waals surface area contributed by atoms with Crippen molar-refractivity contribution >= 4 is 33.0 Å². The van der Waals surface area contributed by atoms with Crippen molar-refractivity contribution in [1.29, 1.82) is 0 Å². The van der Waals surface area contributed by atoms with Crippen LogP contribution in [0.25, 0.3) is 0 Å². The number of nitrogens with zero attached hydrogens (tertiary/aromatic N) is 2. The summed E-state index contributed by atoms with van der Waals surface area (Å²) in [5.74, 6) is 0.533. The van der Waals surface area contributed by atoms with Gasteiger partial charge in [0.25, 0.3) is 5.56 Å². The molecule has 2 rings (SSSR count). The number of nitrogens with one attached hydrogen (secondary N) is 1. The molecule has 2 heterocycles. The van der Waals surface area contributed by atoms with Crippen molar-refractivity contribution in [2.45, 2.75) is 20.4 Å². The maximum Gasteiger partial charge on any atom is 0.269 e. The molecule has 0 saturated carbocycles. The summed E-state index contributed by atoms with van der Waals surface area (Å²) in [6.07, 6.45) is 1.70. The standard InChI is InChI=1S/C13H16BrN3OS/c1-9(2)6-15-10-5-13(18)17(16-7-10)8-11-3-4-12(14)19-11/h3-5,7,9,15H,6,8H2,1-2H3. The molecule has 6 heteroatoms. The average molecular weight is 342 g/mol. The maximum atomic E-state index is 11.9. The second-order valence-electron chi connectivity index (χ2n) is 4.72. The van der Waals surface area contributed by atoms with Gasteiger partial charge in [0.15, 0.2) is 0 Å². The normalized spacial score (nSPS) is 10.9. The van der Waals surface area contributed by atoms with Crippen molar-refractivity contribution < 1.29 is 0 Å². The van der Waals surface area contributed by atoms with E-state index in [4.69, 9.17) is 0 Å². The fourth-order valence-electron chi connectivity index (χ4n) is 1.56. The van der Waals surface area contributed by atoms with Crippen molar-refractivity contribution in [2.24, 2.45) is 5.92 Å². The first kappa shape index (κ1) is 14.3. The molecule has 0 radical (unpaired) electrons. The Labute approximate surface area is 124 Å². The summed E-state index contributed by atoms with van der Waals surface area (Å²) in [4.78, 5) is 13.1. The average Bonchev–Trinajstić information content (AvgIpc) is 2.75. The summed E-state index contributed by atoms with van der Waals surface area (Å²) in [5, 5.41) is 7.39. The number of hydrogen-bond donors (Lipinski definition) is 1. The van der Waals surface area contributed by atoms with Crippen LogP contribution in [0.4, 0.5) is 5.69 Å². The second kappa shape index (κ2) is 6.34. The molecule has 0 aliphatic heterocycles. The zero-order chi connectivity index (χ0) is 13.8. The molecule has 0 amide bonds. The highest BCUT2D eigenvalue weighted by Crippen LogP contribution is 2.22. The molecule has 0 atom stereocenters. The minimum absolute atomic E-state index is 0.0849. The molecule has 4 nitrogen and oxygen atoms in total. The minimum Gasteiger partial charge on any atom is -0.383 e. The summed E-state index contributed by atoms with van der Waals surface area (Å²) in [7, 11) is 0. The topological polar surface area (TPSA) is 46.9 Å². The Bertz CT molecular complexity index is 606. The van der Waals surface area contributed by atoms with Gasteiger partial charge >= 0.3 is 0 Å². The van der Waals surface area contributed by atoms with Gasteiger partial charge in [0.1, 0.15) is 0 Å². The van der Waals surface area contributed by atoms with Crippen LogP contribution in [0.1, 0.15) is 18.7 Å². The van der Waals surface area contributed by atoms with Crippen LogP contribution in [-0.4, -0.2) is 16.3 Å². The van der Waals surface area contributed by atoms with E-state index in [1.54, 1.807) is 23.6 Å². The molecule has 0 saturated heterocycles. The molecule has 2 aromatic heterocycles. The third-order valence-electron chi connectivity index (χ3n) is 2.52. The molecular formula is C13H16BrN3OS. The van der Waals surface area contributed by atoms with Crippen molar-refractivity contribution in [2.75, 3.05) is 11.9 Å². The van der Waals surface area contributed by atoms with E-state index in [-0.39, 0.29) is 5.56 Å². The molecule has 2 aromatic rings. The summed E-state index contributed by atoms with van der Waals surface area (Å²) in [6.45, 7) is 5.59. The molecule has 102 valence electrons. The molecule has 0 spiro atoms. The predicted molar refractivity (Wildman–Crippen MR) is 82.9 cm³/mol. The lowest BCUT2D eigenvalue weighted by Crippen LogP contribution is -2.23. The zero-order valence-corrected chi connectivity index (χ0v) is 13.3. The third-order valence-corrected chi connectivity index (χ3v) is 4.13. The smallest absolute Gasteiger partial charge is 0.269 e. The minimum atomic E-state index is -0.0849. The zero-order valence-electron chi connectivity index (χ0n) is 10.9. The maximum absolute atomic E-state index is 11.9. The molecule has 0 aliphatic rings. The van der Waals surface area contributed by atoms with E-state index >= 15 is 0 Å². The van der Waals surface area contributed by atoms with Gasteiger partial charge in [0.2, 0.25) is 0 Å². The van der Waals surface area contributed by atoms with Crippen LogP contribution in [0.15, 0.2) is 33.0 Å². The van der Waals surface area contributed by atoms with E-state index in [9.17, 15) is 4.79 Å².